The van der Waals surface area contributed by atoms with Crippen molar-refractivity contribution in [2.45, 2.75) is 82.4 Å². The number of nitrogens with zero attached hydrogens (tertiary/aromatic N) is 3. The topological polar surface area (TPSA) is 101 Å². The van der Waals surface area contributed by atoms with Crippen molar-refractivity contribution in [3.63, 3.8) is 0 Å². The maximum absolute atomic E-state index is 14.6. The molecule has 4 aliphatic rings. The highest BCUT2D eigenvalue weighted by Crippen LogP contribution is 2.49. The minimum Gasteiger partial charge on any atom is -0.497 e. The van der Waals surface area contributed by atoms with Crippen LogP contribution in [0.1, 0.15) is 85.7 Å². The van der Waals surface area contributed by atoms with E-state index in [0.29, 0.717) is 43.8 Å². The molecule has 10 heteroatoms. The average molecular weight is 647 g/mol. The first-order chi connectivity index (χ1) is 22.1. The lowest BCUT2D eigenvalue weighted by Gasteiger charge is -2.34. The first-order valence-electron chi connectivity index (χ1n) is 17.0. The molecule has 2 amide bonds. The van der Waals surface area contributed by atoms with Gasteiger partial charge in [0.25, 0.3) is 5.91 Å². The fraction of sp³-hybridized carbons (Fsp3) is 0.556. The van der Waals surface area contributed by atoms with Gasteiger partial charge in [-0.2, -0.15) is 0 Å². The maximum atomic E-state index is 14.6. The summed E-state index contributed by atoms with van der Waals surface area (Å²) in [5, 5.41) is 0.597. The molecule has 1 atom stereocenters. The molecule has 7 rings (SSSR count). The molecule has 0 spiro atoms. The van der Waals surface area contributed by atoms with Crippen LogP contribution < -0.4 is 9.46 Å². The molecule has 246 valence electrons. The van der Waals surface area contributed by atoms with E-state index in [2.05, 4.69) is 40.3 Å². The standard InChI is InChI=1S/C36H46N4O5S/c1-36(35(42)39-17-7-16-38(2)18-19-39)22-26-20-27(45-3)11-15-29(26)33-32(24-8-5-4-6-9-24)30-14-10-25(21-31(30)40(33)23-36)34(41)37-46(43,44)28-12-13-28/h10-11,14-15,20-21,24,28H,4-9,12-13,16-19,22-23H2,1-3H3,(H,37,41). The summed E-state index contributed by atoms with van der Waals surface area (Å²) in [4.78, 5) is 32.3. The van der Waals surface area contributed by atoms with Gasteiger partial charge < -0.3 is 19.1 Å². The molecule has 1 saturated heterocycles. The lowest BCUT2D eigenvalue weighted by molar-refractivity contribution is -0.141. The fourth-order valence-corrected chi connectivity index (χ4v) is 9.40. The lowest BCUT2D eigenvalue weighted by Crippen LogP contribution is -2.46. The van der Waals surface area contributed by atoms with Crippen molar-refractivity contribution in [1.29, 1.82) is 0 Å². The molecular weight excluding hydrogens is 600 g/mol. The largest absolute Gasteiger partial charge is 0.497 e. The Hall–Kier alpha value is -3.37. The third-order valence-electron chi connectivity index (χ3n) is 10.8. The van der Waals surface area contributed by atoms with Crippen LogP contribution in [0.5, 0.6) is 5.75 Å². The maximum Gasteiger partial charge on any atom is 0.264 e. The van der Waals surface area contributed by atoms with Gasteiger partial charge in [0.2, 0.25) is 15.9 Å². The van der Waals surface area contributed by atoms with Gasteiger partial charge in [0.05, 0.1) is 23.5 Å². The van der Waals surface area contributed by atoms with Crippen LogP contribution in [0.4, 0.5) is 0 Å². The smallest absolute Gasteiger partial charge is 0.264 e. The summed E-state index contributed by atoms with van der Waals surface area (Å²) in [7, 11) is 0.0967. The predicted octanol–water partition coefficient (Wildman–Crippen LogP) is 5.31. The van der Waals surface area contributed by atoms with Gasteiger partial charge in [-0.1, -0.05) is 25.3 Å². The van der Waals surface area contributed by atoms with E-state index in [1.165, 1.54) is 24.8 Å². The monoisotopic (exact) mass is 646 g/mol. The number of ether oxygens (including phenoxy) is 1. The number of carbonyl (C=O) groups excluding carboxylic acids is 2. The van der Waals surface area contributed by atoms with E-state index in [-0.39, 0.29) is 5.91 Å². The highest BCUT2D eigenvalue weighted by atomic mass is 32.2. The van der Waals surface area contributed by atoms with Gasteiger partial charge in [-0.25, -0.2) is 13.1 Å². The third kappa shape index (κ3) is 5.72. The number of hydrogen-bond donors (Lipinski definition) is 1. The third-order valence-corrected chi connectivity index (χ3v) is 12.6. The number of aromatic nitrogens is 1. The number of likely N-dealkylation sites (N-methyl/N-ethyl adjacent to an activating group) is 1. The van der Waals surface area contributed by atoms with E-state index in [0.717, 1.165) is 72.4 Å². The number of carbonyl (C=O) groups is 2. The van der Waals surface area contributed by atoms with E-state index in [1.807, 2.05) is 23.1 Å². The molecule has 0 radical (unpaired) electrons. The molecule has 2 aromatic carbocycles. The van der Waals surface area contributed by atoms with Crippen LogP contribution in [0.25, 0.3) is 22.2 Å². The first-order valence-corrected chi connectivity index (χ1v) is 18.5. The average Bonchev–Trinajstić information content (AvgIpc) is 3.90. The molecule has 2 aliphatic heterocycles. The van der Waals surface area contributed by atoms with E-state index >= 15 is 0 Å². The highest BCUT2D eigenvalue weighted by Gasteiger charge is 2.43. The van der Waals surface area contributed by atoms with Crippen LogP contribution in [-0.2, 0) is 27.8 Å². The molecule has 9 nitrogen and oxygen atoms in total. The lowest BCUT2D eigenvalue weighted by atomic mass is 9.79. The second-order valence-corrected chi connectivity index (χ2v) is 16.3. The van der Waals surface area contributed by atoms with Gasteiger partial charge >= 0.3 is 0 Å². The van der Waals surface area contributed by atoms with E-state index in [9.17, 15) is 18.0 Å². The Morgan fingerprint density at radius 3 is 2.46 bits per heavy atom. The van der Waals surface area contributed by atoms with Gasteiger partial charge in [-0.3, -0.25) is 9.59 Å². The minimum atomic E-state index is -3.69. The molecule has 1 unspecified atom stereocenters. The van der Waals surface area contributed by atoms with Crippen LogP contribution in [-0.4, -0.2) is 80.2 Å². The summed E-state index contributed by atoms with van der Waals surface area (Å²) in [5.41, 5.74) is 5.04. The van der Waals surface area contributed by atoms with Crippen LogP contribution in [0, 0.1) is 5.41 Å². The Morgan fingerprint density at radius 1 is 0.935 bits per heavy atom. The van der Waals surface area contributed by atoms with Gasteiger partial charge in [-0.05, 0) is 106 Å². The summed E-state index contributed by atoms with van der Waals surface area (Å²) >= 11 is 0. The van der Waals surface area contributed by atoms with Crippen molar-refractivity contribution in [2.24, 2.45) is 5.41 Å². The molecule has 0 bridgehead atoms. The fourth-order valence-electron chi connectivity index (χ4n) is 8.10. The van der Waals surface area contributed by atoms with Crippen molar-refractivity contribution >= 4 is 32.7 Å². The van der Waals surface area contributed by atoms with Gasteiger partial charge in [0, 0.05) is 48.2 Å². The predicted molar refractivity (Wildman–Crippen MR) is 180 cm³/mol. The summed E-state index contributed by atoms with van der Waals surface area (Å²) in [6.45, 7) is 5.79. The molecule has 3 aromatic rings. The summed E-state index contributed by atoms with van der Waals surface area (Å²) in [6.07, 6.45) is 8.44. The molecule has 2 aliphatic carbocycles. The summed E-state index contributed by atoms with van der Waals surface area (Å²) < 4.78 is 35.7. The Bertz CT molecular complexity index is 1790. The number of hydrogen-bond acceptors (Lipinski definition) is 6. The van der Waals surface area contributed by atoms with Crippen molar-refractivity contribution in [1.82, 2.24) is 19.1 Å². The second-order valence-electron chi connectivity index (χ2n) is 14.3. The van der Waals surface area contributed by atoms with Crippen molar-refractivity contribution in [3.05, 3.63) is 53.1 Å². The zero-order chi connectivity index (χ0) is 32.2. The van der Waals surface area contributed by atoms with Gasteiger partial charge in [-0.15, -0.1) is 0 Å². The van der Waals surface area contributed by atoms with E-state index in [4.69, 9.17) is 4.74 Å². The number of methoxy groups -OCH3 is 1. The zero-order valence-electron chi connectivity index (χ0n) is 27.3. The van der Waals surface area contributed by atoms with Crippen molar-refractivity contribution in [3.8, 4) is 17.0 Å². The molecule has 2 saturated carbocycles. The van der Waals surface area contributed by atoms with Gasteiger partial charge in [0.1, 0.15) is 5.75 Å². The van der Waals surface area contributed by atoms with Crippen molar-refractivity contribution in [2.75, 3.05) is 40.3 Å². The Morgan fingerprint density at radius 2 is 1.72 bits per heavy atom. The number of amides is 2. The van der Waals surface area contributed by atoms with E-state index < -0.39 is 26.6 Å². The van der Waals surface area contributed by atoms with Crippen LogP contribution >= 0.6 is 0 Å². The molecular formula is C36H46N4O5S. The molecule has 1 aromatic heterocycles. The van der Waals surface area contributed by atoms with Crippen LogP contribution in [0.3, 0.4) is 0 Å². The molecule has 1 N–H and O–H groups in total. The van der Waals surface area contributed by atoms with Crippen molar-refractivity contribution < 1.29 is 22.7 Å². The molecule has 46 heavy (non-hydrogen) atoms. The Labute approximate surface area is 272 Å². The molecule has 3 fully saturated rings. The number of benzene rings is 2. The number of sulfonamides is 1. The number of nitrogens with one attached hydrogen (secondary N) is 1. The quantitative estimate of drug-likeness (QED) is 0.390. The van der Waals surface area contributed by atoms with Gasteiger partial charge in [0.15, 0.2) is 0 Å². The highest BCUT2D eigenvalue weighted by molar-refractivity contribution is 7.91. The second kappa shape index (κ2) is 12.0. The SMILES string of the molecule is COc1ccc2c(c1)CC(C)(C(=O)N1CCCN(C)CC1)Cn1c-2c(C2CCCCC2)c2ccc(C(=O)NS(=O)(=O)C3CC3)cc21. The number of rotatable bonds is 6. The first kappa shape index (κ1) is 31.2. The zero-order valence-corrected chi connectivity index (χ0v) is 28.1. The summed E-state index contributed by atoms with van der Waals surface area (Å²) in [6, 6.07) is 11.9. The molecule has 3 heterocycles. The van der Waals surface area contributed by atoms with Crippen LogP contribution in [0.2, 0.25) is 0 Å². The van der Waals surface area contributed by atoms with E-state index in [1.54, 1.807) is 13.2 Å². The minimum absolute atomic E-state index is 0.148. The Kier molecular flexibility index (Phi) is 8.16. The summed E-state index contributed by atoms with van der Waals surface area (Å²) in [5.74, 6) is 0.674. The Balaban J connectivity index is 1.41. The normalized spacial score (nSPS) is 22.9. The van der Waals surface area contributed by atoms with Crippen LogP contribution in [0.15, 0.2) is 36.4 Å². The number of fused-ring (bicyclic) bond motifs is 5.